The van der Waals surface area contributed by atoms with Gasteiger partial charge in [0.05, 0.1) is 0 Å². The molecule has 0 aliphatic heterocycles. The lowest BCUT2D eigenvalue weighted by Crippen LogP contribution is -2.07. The number of Topliss-reactive ketones (excluding diaryl/α,β-unsaturated/α-hetero) is 1. The molecule has 2 aliphatic rings. The number of ketones is 1. The third kappa shape index (κ3) is 5.68. The van der Waals surface area contributed by atoms with E-state index in [1.807, 2.05) is 97.1 Å². The number of aryl methyl sites for hydroxylation is 3. The van der Waals surface area contributed by atoms with Crippen LogP contribution in [-0.4, -0.2) is 5.78 Å². The van der Waals surface area contributed by atoms with Crippen LogP contribution in [0.3, 0.4) is 0 Å². The Bertz CT molecular complexity index is 2280. The molecule has 2 aliphatic carbocycles. The zero-order chi connectivity index (χ0) is 32.5. The normalized spacial score (nSPS) is 13.5. The second kappa shape index (κ2) is 12.6. The summed E-state index contributed by atoms with van der Waals surface area (Å²) in [6.07, 6.45) is 2.33. The molecule has 0 saturated carbocycles. The number of ether oxygens (including phenoxy) is 1. The molecule has 6 aromatic carbocycles. The predicted octanol–water partition coefficient (Wildman–Crippen LogP) is 10.4. The summed E-state index contributed by atoms with van der Waals surface area (Å²) < 4.78 is 6.25. The molecule has 0 amide bonds. The third-order valence-electron chi connectivity index (χ3n) is 9.12. The Labute approximate surface area is 281 Å². The van der Waals surface area contributed by atoms with Crippen LogP contribution in [0.15, 0.2) is 152 Å². The van der Waals surface area contributed by atoms with Gasteiger partial charge in [0.1, 0.15) is 11.5 Å². The number of rotatable bonds is 6. The molecule has 48 heavy (non-hydrogen) atoms. The lowest BCUT2D eigenvalue weighted by Gasteiger charge is -2.17. The summed E-state index contributed by atoms with van der Waals surface area (Å²) in [7, 11) is 0. The Kier molecular flexibility index (Phi) is 7.65. The van der Waals surface area contributed by atoms with E-state index in [0.717, 1.165) is 68.0 Å². The molecule has 0 atom stereocenters. The standard InChI is InChI=1S/C46H32O2/c1-31-12-19-37(20-13-31)42-43(45(36-10-6-3-7-11-36)46(47)44(42)35-8-4-2-5-9-35)38-24-28-41(29-25-38)48-40-26-17-32(18-27-40)14-15-33-16-21-34-22-23-39(34)30-33/h2-13,16-21,24-30H,22-23H2,1H3. The smallest absolute Gasteiger partial charge is 0.195 e. The molecule has 0 aromatic heterocycles. The Morgan fingerprint density at radius 3 is 1.44 bits per heavy atom. The monoisotopic (exact) mass is 616 g/mol. The van der Waals surface area contributed by atoms with E-state index in [1.54, 1.807) is 0 Å². The first-order valence-corrected chi connectivity index (χ1v) is 16.3. The molecule has 0 heterocycles. The minimum Gasteiger partial charge on any atom is -0.457 e. The highest BCUT2D eigenvalue weighted by Gasteiger charge is 2.35. The van der Waals surface area contributed by atoms with Crippen LogP contribution in [0.1, 0.15) is 50.1 Å². The average Bonchev–Trinajstić information content (AvgIpc) is 3.42. The van der Waals surface area contributed by atoms with Gasteiger partial charge in [0.2, 0.25) is 0 Å². The Morgan fingerprint density at radius 1 is 0.458 bits per heavy atom. The van der Waals surface area contributed by atoms with Gasteiger partial charge in [0.25, 0.3) is 0 Å². The maximum atomic E-state index is 14.5. The zero-order valence-electron chi connectivity index (χ0n) is 26.7. The largest absolute Gasteiger partial charge is 0.457 e. The Hall–Kier alpha value is -6.17. The van der Waals surface area contributed by atoms with E-state index in [1.165, 1.54) is 23.1 Å². The zero-order valence-corrected chi connectivity index (χ0v) is 26.7. The minimum atomic E-state index is 0.0298. The van der Waals surface area contributed by atoms with Crippen LogP contribution in [0, 0.1) is 18.8 Å². The number of benzene rings is 6. The van der Waals surface area contributed by atoms with E-state index in [4.69, 9.17) is 4.74 Å². The number of carbonyl (C=O) groups is 1. The Balaban J connectivity index is 1.13. The molecule has 228 valence electrons. The summed E-state index contributed by atoms with van der Waals surface area (Å²) in [4.78, 5) is 14.5. The Morgan fingerprint density at radius 2 is 0.917 bits per heavy atom. The first-order valence-electron chi connectivity index (χ1n) is 16.3. The quantitative estimate of drug-likeness (QED) is 0.174. The molecule has 2 heteroatoms. The van der Waals surface area contributed by atoms with E-state index in [9.17, 15) is 4.79 Å². The molecule has 0 unspecified atom stereocenters. The van der Waals surface area contributed by atoms with Crippen LogP contribution < -0.4 is 4.74 Å². The predicted molar refractivity (Wildman–Crippen MR) is 195 cm³/mol. The highest BCUT2D eigenvalue weighted by atomic mass is 16.5. The van der Waals surface area contributed by atoms with Crippen LogP contribution in [0.25, 0.3) is 22.3 Å². The van der Waals surface area contributed by atoms with E-state index >= 15 is 0 Å². The highest BCUT2D eigenvalue weighted by molar-refractivity contribution is 6.59. The van der Waals surface area contributed by atoms with Crippen LogP contribution >= 0.6 is 0 Å². The first-order chi connectivity index (χ1) is 23.6. The van der Waals surface area contributed by atoms with Crippen molar-refractivity contribution >= 4 is 28.1 Å². The molecular weight excluding hydrogens is 585 g/mol. The first kappa shape index (κ1) is 29.2. The molecule has 0 bridgehead atoms. The summed E-state index contributed by atoms with van der Waals surface area (Å²) in [5.41, 5.74) is 13.1. The summed E-state index contributed by atoms with van der Waals surface area (Å²) >= 11 is 0. The van der Waals surface area contributed by atoms with Gasteiger partial charge in [-0.15, -0.1) is 0 Å². The lowest BCUT2D eigenvalue weighted by molar-refractivity contribution is -0.108. The van der Waals surface area contributed by atoms with Gasteiger partial charge in [-0.2, -0.15) is 0 Å². The van der Waals surface area contributed by atoms with Gasteiger partial charge < -0.3 is 4.74 Å². The van der Waals surface area contributed by atoms with Gasteiger partial charge in [-0.1, -0.05) is 121 Å². The van der Waals surface area contributed by atoms with Crippen molar-refractivity contribution < 1.29 is 9.53 Å². The third-order valence-corrected chi connectivity index (χ3v) is 9.12. The second-order valence-electron chi connectivity index (χ2n) is 12.3. The van der Waals surface area contributed by atoms with Crippen molar-refractivity contribution in [3.63, 3.8) is 0 Å². The van der Waals surface area contributed by atoms with Crippen molar-refractivity contribution in [2.45, 2.75) is 19.8 Å². The van der Waals surface area contributed by atoms with Crippen LogP contribution in [0.2, 0.25) is 0 Å². The molecule has 6 aromatic rings. The number of allylic oxidation sites excluding steroid dienone is 4. The second-order valence-corrected chi connectivity index (χ2v) is 12.3. The average molecular weight is 617 g/mol. The number of fused-ring (bicyclic) bond motifs is 1. The molecule has 8 rings (SSSR count). The minimum absolute atomic E-state index is 0.0298. The van der Waals surface area contributed by atoms with Crippen molar-refractivity contribution in [2.75, 3.05) is 0 Å². The van der Waals surface area contributed by atoms with Crippen LogP contribution in [0.4, 0.5) is 0 Å². The van der Waals surface area contributed by atoms with Gasteiger partial charge in [-0.3, -0.25) is 4.79 Å². The van der Waals surface area contributed by atoms with Crippen molar-refractivity contribution in [2.24, 2.45) is 0 Å². The van der Waals surface area contributed by atoms with Gasteiger partial charge in [-0.05, 0) is 102 Å². The van der Waals surface area contributed by atoms with Crippen LogP contribution in [0.5, 0.6) is 11.5 Å². The fraction of sp³-hybridized carbons (Fsp3) is 0.0652. The van der Waals surface area contributed by atoms with Gasteiger partial charge in [0, 0.05) is 33.4 Å². The van der Waals surface area contributed by atoms with Gasteiger partial charge in [-0.25, -0.2) is 0 Å². The number of hydrogen-bond donors (Lipinski definition) is 0. The summed E-state index contributed by atoms with van der Waals surface area (Å²) in [5, 5.41) is 0. The summed E-state index contributed by atoms with van der Waals surface area (Å²) in [6, 6.07) is 50.9. The van der Waals surface area contributed by atoms with Crippen molar-refractivity contribution in [3.05, 3.63) is 202 Å². The van der Waals surface area contributed by atoms with E-state index < -0.39 is 0 Å². The van der Waals surface area contributed by atoms with Crippen LogP contribution in [-0.2, 0) is 17.6 Å². The molecule has 2 nitrogen and oxygen atoms in total. The van der Waals surface area contributed by atoms with E-state index in [0.29, 0.717) is 5.57 Å². The molecule has 0 radical (unpaired) electrons. The number of carbonyl (C=O) groups excluding carboxylic acids is 1. The van der Waals surface area contributed by atoms with Crippen molar-refractivity contribution in [3.8, 4) is 23.3 Å². The summed E-state index contributed by atoms with van der Waals surface area (Å²) in [6.45, 7) is 2.08. The molecule has 0 N–H and O–H groups in total. The fourth-order valence-corrected chi connectivity index (χ4v) is 6.51. The van der Waals surface area contributed by atoms with Crippen molar-refractivity contribution in [1.82, 2.24) is 0 Å². The van der Waals surface area contributed by atoms with Gasteiger partial charge in [0.15, 0.2) is 5.78 Å². The maximum absolute atomic E-state index is 14.5. The topological polar surface area (TPSA) is 26.3 Å². The SMILES string of the molecule is Cc1ccc(C2=C(c3ccccc3)C(=O)C(c3ccccc3)=C2c2ccc(Oc3ccc(C#Cc4ccc5c(c4)CC5)cc3)cc2)cc1. The highest BCUT2D eigenvalue weighted by Crippen LogP contribution is 2.49. The maximum Gasteiger partial charge on any atom is 0.195 e. The van der Waals surface area contributed by atoms with Crippen molar-refractivity contribution in [1.29, 1.82) is 0 Å². The van der Waals surface area contributed by atoms with Gasteiger partial charge >= 0.3 is 0 Å². The van der Waals surface area contributed by atoms with E-state index in [-0.39, 0.29) is 5.78 Å². The molecular formula is C46H32O2. The lowest BCUT2D eigenvalue weighted by atomic mass is 9.87. The van der Waals surface area contributed by atoms with E-state index in [2.05, 4.69) is 73.4 Å². The molecule has 0 fully saturated rings. The summed E-state index contributed by atoms with van der Waals surface area (Å²) in [5.74, 6) is 8.05. The fourth-order valence-electron chi connectivity index (χ4n) is 6.51. The molecule has 0 saturated heterocycles. The number of hydrogen-bond acceptors (Lipinski definition) is 2. The molecule has 0 spiro atoms.